The summed E-state index contributed by atoms with van der Waals surface area (Å²) < 4.78 is 5.37. The van der Waals surface area contributed by atoms with Crippen molar-refractivity contribution in [2.75, 3.05) is 0 Å². The Balaban J connectivity index is 2.28. The lowest BCUT2D eigenvalue weighted by atomic mass is 9.97. The Bertz CT molecular complexity index is 221. The number of ether oxygens (including phenoxy) is 1. The molecule has 0 bridgehead atoms. The lowest BCUT2D eigenvalue weighted by molar-refractivity contribution is -0.154. The largest absolute Gasteiger partial charge is 0.462 e. The zero-order valence-electron chi connectivity index (χ0n) is 8.79. The molecule has 1 unspecified atom stereocenters. The Kier molecular flexibility index (Phi) is 4.52. The molecule has 1 fully saturated rings. The van der Waals surface area contributed by atoms with Gasteiger partial charge >= 0.3 is 5.97 Å². The van der Waals surface area contributed by atoms with Crippen LogP contribution in [-0.4, -0.2) is 12.1 Å². The van der Waals surface area contributed by atoms with Gasteiger partial charge in [0.05, 0.1) is 5.92 Å². The summed E-state index contributed by atoms with van der Waals surface area (Å²) >= 11 is 0. The first-order valence-electron chi connectivity index (χ1n) is 5.38. The molecule has 0 radical (unpaired) electrons. The predicted octanol–water partition coefficient (Wildman–Crippen LogP) is 2.52. The van der Waals surface area contributed by atoms with Crippen LogP contribution in [0.2, 0.25) is 0 Å². The Labute approximate surface area is 86.0 Å². The molecule has 14 heavy (non-hydrogen) atoms. The number of hydrogen-bond donors (Lipinski definition) is 0. The van der Waals surface area contributed by atoms with Gasteiger partial charge in [0, 0.05) is 6.42 Å². The van der Waals surface area contributed by atoms with Crippen molar-refractivity contribution in [3.63, 3.8) is 0 Å². The van der Waals surface area contributed by atoms with E-state index in [1.54, 1.807) is 0 Å². The Morgan fingerprint density at radius 1 is 1.50 bits per heavy atom. The third-order valence-electron chi connectivity index (χ3n) is 2.66. The van der Waals surface area contributed by atoms with E-state index in [1.807, 2.05) is 6.92 Å². The van der Waals surface area contributed by atoms with Gasteiger partial charge in [0.15, 0.2) is 0 Å². The van der Waals surface area contributed by atoms with E-state index in [0.29, 0.717) is 6.42 Å². The number of carbonyl (C=O) groups is 1. The molecule has 0 N–H and O–H groups in total. The Hall–Kier alpha value is -0.970. The molecule has 2 heteroatoms. The third kappa shape index (κ3) is 3.41. The van der Waals surface area contributed by atoms with E-state index in [9.17, 15) is 4.79 Å². The van der Waals surface area contributed by atoms with E-state index >= 15 is 0 Å². The van der Waals surface area contributed by atoms with Gasteiger partial charge in [0.1, 0.15) is 6.10 Å². The van der Waals surface area contributed by atoms with Crippen LogP contribution < -0.4 is 0 Å². The fourth-order valence-electron chi connectivity index (χ4n) is 1.72. The van der Waals surface area contributed by atoms with Gasteiger partial charge in [-0.2, -0.15) is 0 Å². The van der Waals surface area contributed by atoms with Crippen molar-refractivity contribution in [3.05, 3.63) is 0 Å². The van der Waals surface area contributed by atoms with E-state index in [1.165, 1.54) is 19.3 Å². The average molecular weight is 194 g/mol. The molecule has 0 aromatic heterocycles. The summed E-state index contributed by atoms with van der Waals surface area (Å²) in [4.78, 5) is 11.5. The van der Waals surface area contributed by atoms with Crippen molar-refractivity contribution in [1.82, 2.24) is 0 Å². The lowest BCUT2D eigenvalue weighted by Crippen LogP contribution is -2.24. The number of esters is 1. The van der Waals surface area contributed by atoms with Gasteiger partial charge in [-0.3, -0.25) is 4.79 Å². The number of terminal acetylenes is 1. The minimum Gasteiger partial charge on any atom is -0.462 e. The second-order valence-electron chi connectivity index (χ2n) is 4.01. The SMILES string of the molecule is C#CCC(C)C(=O)OC1CCCCC1. The molecule has 78 valence electrons. The zero-order valence-corrected chi connectivity index (χ0v) is 8.79. The molecule has 1 atom stereocenters. The van der Waals surface area contributed by atoms with E-state index in [0.717, 1.165) is 12.8 Å². The smallest absolute Gasteiger partial charge is 0.309 e. The molecule has 0 aliphatic heterocycles. The minimum atomic E-state index is -0.151. The van der Waals surface area contributed by atoms with E-state index < -0.39 is 0 Å². The molecule has 0 spiro atoms. The van der Waals surface area contributed by atoms with E-state index in [4.69, 9.17) is 11.2 Å². The van der Waals surface area contributed by atoms with Gasteiger partial charge < -0.3 is 4.74 Å². The molecule has 0 aromatic carbocycles. The lowest BCUT2D eigenvalue weighted by Gasteiger charge is -2.23. The molecule has 1 aliphatic carbocycles. The van der Waals surface area contributed by atoms with Gasteiger partial charge in [-0.05, 0) is 25.7 Å². The molecule has 0 aromatic rings. The highest BCUT2D eigenvalue weighted by Gasteiger charge is 2.20. The minimum absolute atomic E-state index is 0.130. The number of hydrogen-bond acceptors (Lipinski definition) is 2. The molecule has 0 amide bonds. The number of rotatable bonds is 3. The highest BCUT2D eigenvalue weighted by molar-refractivity contribution is 5.72. The first-order valence-corrected chi connectivity index (χ1v) is 5.38. The summed E-state index contributed by atoms with van der Waals surface area (Å²) in [5.41, 5.74) is 0. The second kappa shape index (κ2) is 5.70. The van der Waals surface area contributed by atoms with Crippen LogP contribution in [0.1, 0.15) is 45.4 Å². The molecule has 0 heterocycles. The maximum Gasteiger partial charge on any atom is 0.309 e. The van der Waals surface area contributed by atoms with Crippen LogP contribution in [0, 0.1) is 18.3 Å². The summed E-state index contributed by atoms with van der Waals surface area (Å²) in [5, 5.41) is 0. The summed E-state index contributed by atoms with van der Waals surface area (Å²) in [5.74, 6) is 2.20. The highest BCUT2D eigenvalue weighted by atomic mass is 16.5. The maximum atomic E-state index is 11.5. The van der Waals surface area contributed by atoms with Crippen molar-refractivity contribution < 1.29 is 9.53 Å². The van der Waals surface area contributed by atoms with Gasteiger partial charge in [0.2, 0.25) is 0 Å². The van der Waals surface area contributed by atoms with Gasteiger partial charge in [-0.25, -0.2) is 0 Å². The highest BCUT2D eigenvalue weighted by Crippen LogP contribution is 2.21. The fraction of sp³-hybridized carbons (Fsp3) is 0.750. The van der Waals surface area contributed by atoms with Gasteiger partial charge in [0.25, 0.3) is 0 Å². The molecular formula is C12H18O2. The van der Waals surface area contributed by atoms with Crippen molar-refractivity contribution in [1.29, 1.82) is 0 Å². The molecule has 1 aliphatic rings. The molecule has 2 nitrogen and oxygen atoms in total. The summed E-state index contributed by atoms with van der Waals surface area (Å²) in [7, 11) is 0. The van der Waals surface area contributed by atoms with Gasteiger partial charge in [-0.1, -0.05) is 13.3 Å². The summed E-state index contributed by atoms with van der Waals surface area (Å²) in [6, 6.07) is 0. The average Bonchev–Trinajstić information content (AvgIpc) is 2.19. The maximum absolute atomic E-state index is 11.5. The van der Waals surface area contributed by atoms with Crippen LogP contribution >= 0.6 is 0 Å². The molecule has 0 saturated heterocycles. The standard InChI is InChI=1S/C12H18O2/c1-3-7-10(2)12(13)14-11-8-5-4-6-9-11/h1,10-11H,4-9H2,2H3. The summed E-state index contributed by atoms with van der Waals surface area (Å²) in [6.45, 7) is 1.82. The van der Waals surface area contributed by atoms with Crippen LogP contribution in [0.3, 0.4) is 0 Å². The normalized spacial score (nSPS) is 19.7. The van der Waals surface area contributed by atoms with Crippen LogP contribution in [0.5, 0.6) is 0 Å². The monoisotopic (exact) mass is 194 g/mol. The Morgan fingerprint density at radius 2 is 2.14 bits per heavy atom. The summed E-state index contributed by atoms with van der Waals surface area (Å²) in [6.07, 6.45) is 11.5. The van der Waals surface area contributed by atoms with Crippen molar-refractivity contribution in [2.24, 2.45) is 5.92 Å². The van der Waals surface area contributed by atoms with Crippen LogP contribution in [0.25, 0.3) is 0 Å². The fourth-order valence-corrected chi connectivity index (χ4v) is 1.72. The van der Waals surface area contributed by atoms with Crippen LogP contribution in [-0.2, 0) is 9.53 Å². The zero-order chi connectivity index (χ0) is 10.4. The second-order valence-corrected chi connectivity index (χ2v) is 4.01. The predicted molar refractivity (Wildman–Crippen MR) is 55.6 cm³/mol. The van der Waals surface area contributed by atoms with E-state index in [-0.39, 0.29) is 18.0 Å². The number of carbonyl (C=O) groups excluding carboxylic acids is 1. The van der Waals surface area contributed by atoms with E-state index in [2.05, 4.69) is 5.92 Å². The van der Waals surface area contributed by atoms with Gasteiger partial charge in [-0.15, -0.1) is 12.3 Å². The van der Waals surface area contributed by atoms with Crippen molar-refractivity contribution in [3.8, 4) is 12.3 Å². The Morgan fingerprint density at radius 3 is 2.71 bits per heavy atom. The quantitative estimate of drug-likeness (QED) is 0.509. The molecular weight excluding hydrogens is 176 g/mol. The van der Waals surface area contributed by atoms with Crippen LogP contribution in [0.15, 0.2) is 0 Å². The topological polar surface area (TPSA) is 26.3 Å². The third-order valence-corrected chi connectivity index (χ3v) is 2.66. The van der Waals surface area contributed by atoms with Crippen molar-refractivity contribution in [2.45, 2.75) is 51.6 Å². The molecule has 1 saturated carbocycles. The first kappa shape index (κ1) is 11.1. The van der Waals surface area contributed by atoms with Crippen LogP contribution in [0.4, 0.5) is 0 Å². The first-order chi connectivity index (χ1) is 6.74. The molecule has 1 rings (SSSR count). The van der Waals surface area contributed by atoms with Crippen molar-refractivity contribution >= 4 is 5.97 Å².